The second-order valence-corrected chi connectivity index (χ2v) is 3.76. The van der Waals surface area contributed by atoms with Gasteiger partial charge >= 0.3 is 5.97 Å². The van der Waals surface area contributed by atoms with Gasteiger partial charge in [0, 0.05) is 12.4 Å². The third kappa shape index (κ3) is 1.65. The number of carboxylic acid groups (broad SMARTS) is 1. The monoisotopic (exact) mass is 271 g/mol. The summed E-state index contributed by atoms with van der Waals surface area (Å²) in [4.78, 5) is 22.2. The average molecular weight is 272 g/mol. The van der Waals surface area contributed by atoms with Gasteiger partial charge in [-0.15, -0.1) is 0 Å². The standard InChI is InChI=1S/C8H6BrN3O3/c9-5-3-10-12-2-1-11(4-6(13)14)8(15)7(5)12/h1-3H,4H2,(H,13,14). The topological polar surface area (TPSA) is 76.6 Å². The van der Waals surface area contributed by atoms with E-state index in [4.69, 9.17) is 5.11 Å². The molecule has 0 amide bonds. The van der Waals surface area contributed by atoms with E-state index in [1.165, 1.54) is 23.1 Å². The molecule has 15 heavy (non-hydrogen) atoms. The number of fused-ring (bicyclic) bond motifs is 1. The zero-order chi connectivity index (χ0) is 11.0. The summed E-state index contributed by atoms with van der Waals surface area (Å²) in [7, 11) is 0. The first kappa shape index (κ1) is 9.91. The second kappa shape index (κ2) is 3.50. The van der Waals surface area contributed by atoms with Crippen LogP contribution in [0.4, 0.5) is 0 Å². The minimum Gasteiger partial charge on any atom is -0.480 e. The Hall–Kier alpha value is -1.63. The Balaban J connectivity index is 2.69. The Morgan fingerprint density at radius 1 is 1.53 bits per heavy atom. The van der Waals surface area contributed by atoms with E-state index in [2.05, 4.69) is 21.0 Å². The number of rotatable bonds is 2. The van der Waals surface area contributed by atoms with Crippen molar-refractivity contribution < 1.29 is 9.90 Å². The maximum absolute atomic E-state index is 11.8. The number of carboxylic acids is 1. The van der Waals surface area contributed by atoms with Gasteiger partial charge in [0.25, 0.3) is 5.56 Å². The molecule has 1 N–H and O–H groups in total. The van der Waals surface area contributed by atoms with E-state index in [-0.39, 0.29) is 12.1 Å². The molecule has 6 nitrogen and oxygen atoms in total. The Morgan fingerprint density at radius 2 is 2.27 bits per heavy atom. The van der Waals surface area contributed by atoms with Gasteiger partial charge < -0.3 is 9.67 Å². The van der Waals surface area contributed by atoms with E-state index in [1.807, 2.05) is 0 Å². The molecule has 0 saturated heterocycles. The molecule has 0 aromatic carbocycles. The van der Waals surface area contributed by atoms with E-state index < -0.39 is 5.97 Å². The lowest BCUT2D eigenvalue weighted by atomic mass is 10.5. The van der Waals surface area contributed by atoms with Crippen LogP contribution in [0.15, 0.2) is 27.9 Å². The van der Waals surface area contributed by atoms with Gasteiger partial charge in [-0.1, -0.05) is 0 Å². The van der Waals surface area contributed by atoms with Gasteiger partial charge in [0.05, 0.1) is 10.7 Å². The number of aromatic nitrogens is 3. The lowest BCUT2D eigenvalue weighted by molar-refractivity contribution is -0.137. The van der Waals surface area contributed by atoms with E-state index in [0.717, 1.165) is 4.57 Å². The van der Waals surface area contributed by atoms with E-state index in [0.29, 0.717) is 9.99 Å². The van der Waals surface area contributed by atoms with Gasteiger partial charge in [-0.25, -0.2) is 4.52 Å². The van der Waals surface area contributed by atoms with Crippen LogP contribution in [0.25, 0.3) is 5.52 Å². The van der Waals surface area contributed by atoms with Crippen LogP contribution in [0.5, 0.6) is 0 Å². The zero-order valence-corrected chi connectivity index (χ0v) is 9.01. The summed E-state index contributed by atoms with van der Waals surface area (Å²) in [5, 5.41) is 12.5. The van der Waals surface area contributed by atoms with Crippen molar-refractivity contribution in [3.05, 3.63) is 33.4 Å². The molecule has 0 atom stereocenters. The Bertz CT molecular complexity index is 586. The number of aliphatic carboxylic acids is 1. The molecule has 78 valence electrons. The molecule has 2 heterocycles. The molecule has 0 radical (unpaired) electrons. The van der Waals surface area contributed by atoms with Gasteiger partial charge in [-0.2, -0.15) is 5.10 Å². The van der Waals surface area contributed by atoms with Crippen molar-refractivity contribution in [2.45, 2.75) is 6.54 Å². The number of carbonyl (C=O) groups is 1. The molecule has 2 rings (SSSR count). The van der Waals surface area contributed by atoms with Crippen molar-refractivity contribution in [1.29, 1.82) is 0 Å². The summed E-state index contributed by atoms with van der Waals surface area (Å²) < 4.78 is 3.06. The quantitative estimate of drug-likeness (QED) is 0.855. The highest BCUT2D eigenvalue weighted by atomic mass is 79.9. The van der Waals surface area contributed by atoms with Gasteiger partial charge in [-0.05, 0) is 15.9 Å². The minimum absolute atomic E-state index is 0.332. The van der Waals surface area contributed by atoms with Crippen LogP contribution in [0.3, 0.4) is 0 Å². The van der Waals surface area contributed by atoms with Crippen molar-refractivity contribution in [3.63, 3.8) is 0 Å². The SMILES string of the molecule is O=C(O)Cn1ccn2ncc(Br)c2c1=O. The lowest BCUT2D eigenvalue weighted by Gasteiger charge is -2.01. The zero-order valence-electron chi connectivity index (χ0n) is 7.42. The summed E-state index contributed by atoms with van der Waals surface area (Å²) in [6, 6.07) is 0. The minimum atomic E-state index is -1.06. The maximum atomic E-state index is 11.8. The van der Waals surface area contributed by atoms with E-state index in [9.17, 15) is 9.59 Å². The van der Waals surface area contributed by atoms with Gasteiger partial charge in [0.15, 0.2) is 0 Å². The average Bonchev–Trinajstić information content (AvgIpc) is 2.53. The molecule has 0 saturated carbocycles. The lowest BCUT2D eigenvalue weighted by Crippen LogP contribution is -2.25. The van der Waals surface area contributed by atoms with Crippen molar-refractivity contribution in [2.24, 2.45) is 0 Å². The van der Waals surface area contributed by atoms with Crippen LogP contribution >= 0.6 is 15.9 Å². The van der Waals surface area contributed by atoms with E-state index in [1.54, 1.807) is 0 Å². The normalized spacial score (nSPS) is 10.7. The van der Waals surface area contributed by atoms with Gasteiger partial charge in [0.1, 0.15) is 12.1 Å². The Morgan fingerprint density at radius 3 is 2.93 bits per heavy atom. The molecular weight excluding hydrogens is 266 g/mol. The predicted octanol–water partition coefficient (Wildman–Crippen LogP) is 0.343. The largest absolute Gasteiger partial charge is 0.480 e. The molecule has 7 heteroatoms. The summed E-state index contributed by atoms with van der Waals surface area (Å²) in [5.41, 5.74) is -0.0528. The molecule has 0 unspecified atom stereocenters. The third-order valence-electron chi connectivity index (χ3n) is 1.91. The highest BCUT2D eigenvalue weighted by Gasteiger charge is 2.09. The molecule has 0 aliphatic rings. The molecule has 0 spiro atoms. The first-order valence-corrected chi connectivity index (χ1v) is 4.83. The van der Waals surface area contributed by atoms with Crippen LogP contribution in [0.1, 0.15) is 0 Å². The first-order chi connectivity index (χ1) is 7.09. The third-order valence-corrected chi connectivity index (χ3v) is 2.49. The van der Waals surface area contributed by atoms with E-state index >= 15 is 0 Å². The van der Waals surface area contributed by atoms with Crippen LogP contribution in [0, 0.1) is 0 Å². The van der Waals surface area contributed by atoms with Crippen molar-refractivity contribution in [3.8, 4) is 0 Å². The first-order valence-electron chi connectivity index (χ1n) is 4.03. The molecular formula is C8H6BrN3O3. The fourth-order valence-electron chi connectivity index (χ4n) is 1.27. The second-order valence-electron chi connectivity index (χ2n) is 2.91. The van der Waals surface area contributed by atoms with Crippen molar-refractivity contribution >= 4 is 27.4 Å². The Kier molecular flexibility index (Phi) is 2.31. The fourth-order valence-corrected chi connectivity index (χ4v) is 1.71. The molecule has 0 aliphatic heterocycles. The molecule has 2 aromatic rings. The number of hydrogen-bond acceptors (Lipinski definition) is 3. The van der Waals surface area contributed by atoms with Crippen molar-refractivity contribution in [2.75, 3.05) is 0 Å². The molecule has 0 aliphatic carbocycles. The number of nitrogens with zero attached hydrogens (tertiary/aromatic N) is 3. The summed E-state index contributed by atoms with van der Waals surface area (Å²) in [6.07, 6.45) is 4.41. The number of hydrogen-bond donors (Lipinski definition) is 1. The highest BCUT2D eigenvalue weighted by molar-refractivity contribution is 9.10. The fraction of sp³-hybridized carbons (Fsp3) is 0.125. The van der Waals surface area contributed by atoms with Crippen LogP contribution in [-0.2, 0) is 11.3 Å². The summed E-state index contributed by atoms with van der Waals surface area (Å²) in [6.45, 7) is -0.354. The summed E-state index contributed by atoms with van der Waals surface area (Å²) >= 11 is 3.17. The number of halogens is 1. The predicted molar refractivity (Wildman–Crippen MR) is 54.8 cm³/mol. The molecule has 0 fully saturated rings. The highest BCUT2D eigenvalue weighted by Crippen LogP contribution is 2.12. The van der Waals surface area contributed by atoms with Crippen LogP contribution in [-0.4, -0.2) is 25.3 Å². The van der Waals surface area contributed by atoms with Gasteiger partial charge in [-0.3, -0.25) is 9.59 Å². The Labute approximate surface area is 91.9 Å². The van der Waals surface area contributed by atoms with Crippen LogP contribution < -0.4 is 5.56 Å². The molecule has 2 aromatic heterocycles. The smallest absolute Gasteiger partial charge is 0.323 e. The van der Waals surface area contributed by atoms with Crippen molar-refractivity contribution in [1.82, 2.24) is 14.2 Å². The van der Waals surface area contributed by atoms with Crippen LogP contribution in [0.2, 0.25) is 0 Å². The van der Waals surface area contributed by atoms with Gasteiger partial charge in [0.2, 0.25) is 0 Å². The maximum Gasteiger partial charge on any atom is 0.323 e. The molecule has 0 bridgehead atoms. The summed E-state index contributed by atoms with van der Waals surface area (Å²) in [5.74, 6) is -1.06.